The third-order valence-electron chi connectivity index (χ3n) is 11.0. The number of nitrogens with zero attached hydrogens (tertiary/aromatic N) is 4. The number of carbonyl (C=O) groups excluding carboxylic acids is 4. The number of anilines is 1. The van der Waals surface area contributed by atoms with E-state index in [2.05, 4.69) is 26.1 Å². The second-order valence-corrected chi connectivity index (χ2v) is 15.0. The van der Waals surface area contributed by atoms with Crippen LogP contribution in [-0.4, -0.2) is 119 Å². The normalized spacial score (nSPS) is 22.4. The molecule has 51 heavy (non-hydrogen) atoms. The molecule has 0 bridgehead atoms. The topological polar surface area (TPSA) is 132 Å². The van der Waals surface area contributed by atoms with Gasteiger partial charge in [-0.15, -0.1) is 0 Å². The van der Waals surface area contributed by atoms with Crippen LogP contribution >= 0.6 is 15.9 Å². The van der Waals surface area contributed by atoms with Crippen molar-refractivity contribution in [3.8, 4) is 5.75 Å². The Morgan fingerprint density at radius 1 is 0.902 bits per heavy atom. The Balaban J connectivity index is 1.03. The first kappa shape index (κ1) is 36.9. The Labute approximate surface area is 308 Å². The van der Waals surface area contributed by atoms with Gasteiger partial charge < -0.3 is 34.6 Å². The van der Waals surface area contributed by atoms with Crippen LogP contribution in [-0.2, 0) is 31.9 Å². The number of phenols is 1. The van der Waals surface area contributed by atoms with E-state index in [1.165, 1.54) is 0 Å². The SMILES string of the molecule is CCOC(=O)CC1CCC(N2CCN(C(=O)C(Cc3ccc(O)c(Br)c3)OC(=O)N3CCC(N4CCc5ccccc5NC4=O)CC3)CC2)CC1. The molecule has 2 aromatic rings. The lowest BCUT2D eigenvalue weighted by atomic mass is 9.83. The molecule has 3 aliphatic heterocycles. The van der Waals surface area contributed by atoms with Crippen molar-refractivity contribution < 1.29 is 33.8 Å². The van der Waals surface area contributed by atoms with Crippen molar-refractivity contribution in [3.63, 3.8) is 0 Å². The number of halogens is 1. The number of likely N-dealkylation sites (tertiary alicyclic amines) is 1. The number of amides is 4. The number of esters is 1. The molecule has 276 valence electrons. The molecular formula is C38H50BrN5O7. The lowest BCUT2D eigenvalue weighted by Crippen LogP contribution is -2.55. The monoisotopic (exact) mass is 767 g/mol. The van der Waals surface area contributed by atoms with E-state index < -0.39 is 12.2 Å². The largest absolute Gasteiger partial charge is 0.507 e. The highest BCUT2D eigenvalue weighted by molar-refractivity contribution is 9.10. The predicted octanol–water partition coefficient (Wildman–Crippen LogP) is 5.41. The Morgan fingerprint density at radius 3 is 2.33 bits per heavy atom. The minimum atomic E-state index is -1.02. The van der Waals surface area contributed by atoms with Gasteiger partial charge in [0.05, 0.1) is 11.1 Å². The van der Waals surface area contributed by atoms with Crippen molar-refractivity contribution in [2.24, 2.45) is 5.92 Å². The summed E-state index contributed by atoms with van der Waals surface area (Å²) in [5.41, 5.74) is 2.72. The highest BCUT2D eigenvalue weighted by Gasteiger charge is 2.36. The van der Waals surface area contributed by atoms with Gasteiger partial charge in [-0.2, -0.15) is 0 Å². The second kappa shape index (κ2) is 17.1. The van der Waals surface area contributed by atoms with Gasteiger partial charge in [0.1, 0.15) is 5.75 Å². The van der Waals surface area contributed by atoms with E-state index in [0.717, 1.165) is 62.0 Å². The molecule has 1 atom stereocenters. The quantitative estimate of drug-likeness (QED) is 0.324. The van der Waals surface area contributed by atoms with Crippen molar-refractivity contribution >= 4 is 45.6 Å². The number of carbonyl (C=O) groups is 4. The van der Waals surface area contributed by atoms with E-state index in [4.69, 9.17) is 9.47 Å². The maximum atomic E-state index is 14.0. The fourth-order valence-electron chi connectivity index (χ4n) is 8.05. The van der Waals surface area contributed by atoms with Gasteiger partial charge in [0.2, 0.25) is 0 Å². The summed E-state index contributed by atoms with van der Waals surface area (Å²) < 4.78 is 11.7. The molecule has 0 spiro atoms. The molecule has 6 rings (SSSR count). The van der Waals surface area contributed by atoms with Crippen LogP contribution in [0.2, 0.25) is 0 Å². The minimum absolute atomic E-state index is 0.000880. The summed E-state index contributed by atoms with van der Waals surface area (Å²) in [6.07, 6.45) is 5.18. The summed E-state index contributed by atoms with van der Waals surface area (Å²) in [5, 5.41) is 13.1. The molecule has 3 heterocycles. The molecule has 4 aliphatic rings. The Bertz CT molecular complexity index is 1550. The third-order valence-corrected chi connectivity index (χ3v) is 11.6. The van der Waals surface area contributed by atoms with Crippen LogP contribution in [0.1, 0.15) is 63.0 Å². The van der Waals surface area contributed by atoms with Gasteiger partial charge in [0.15, 0.2) is 6.10 Å². The van der Waals surface area contributed by atoms with Crippen molar-refractivity contribution in [2.45, 2.75) is 82.9 Å². The van der Waals surface area contributed by atoms with Crippen LogP contribution in [0.4, 0.5) is 15.3 Å². The number of ether oxygens (including phenoxy) is 2. The molecule has 1 aliphatic carbocycles. The molecule has 2 saturated heterocycles. The van der Waals surface area contributed by atoms with Gasteiger partial charge in [0, 0.05) is 76.4 Å². The molecule has 0 radical (unpaired) electrons. The summed E-state index contributed by atoms with van der Waals surface area (Å²) >= 11 is 3.36. The standard InChI is InChI=1S/C38H50BrN5O7/c1-2-50-35(46)25-26-7-10-29(11-8-26)41-19-21-42(22-20-41)36(47)34(24-27-9-12-33(45)31(39)23-27)51-38(49)43-16-14-30(15-17-43)44-18-13-28-5-3-4-6-32(28)40-37(44)48/h3-6,9,12,23,26,29-30,34,45H,2,7-8,10-11,13-22,24-25H2,1H3,(H,40,48). The van der Waals surface area contributed by atoms with Gasteiger partial charge in [0.25, 0.3) is 5.91 Å². The molecule has 4 amide bonds. The van der Waals surface area contributed by atoms with Gasteiger partial charge in [-0.1, -0.05) is 24.3 Å². The van der Waals surface area contributed by atoms with Crippen molar-refractivity contribution in [1.29, 1.82) is 0 Å². The number of fused-ring (bicyclic) bond motifs is 1. The smallest absolute Gasteiger partial charge is 0.410 e. The lowest BCUT2D eigenvalue weighted by molar-refractivity contribution is -0.144. The maximum Gasteiger partial charge on any atom is 0.410 e. The number of benzene rings is 2. The predicted molar refractivity (Wildman–Crippen MR) is 195 cm³/mol. The first-order chi connectivity index (χ1) is 24.7. The summed E-state index contributed by atoms with van der Waals surface area (Å²) in [4.78, 5) is 60.5. The Kier molecular flexibility index (Phi) is 12.4. The Morgan fingerprint density at radius 2 is 1.63 bits per heavy atom. The van der Waals surface area contributed by atoms with E-state index in [1.807, 2.05) is 36.1 Å². The van der Waals surface area contributed by atoms with Crippen molar-refractivity contribution in [1.82, 2.24) is 19.6 Å². The van der Waals surface area contributed by atoms with Crippen LogP contribution < -0.4 is 5.32 Å². The van der Waals surface area contributed by atoms with E-state index in [9.17, 15) is 24.3 Å². The van der Waals surface area contributed by atoms with Gasteiger partial charge >= 0.3 is 18.1 Å². The van der Waals surface area contributed by atoms with E-state index in [0.29, 0.717) is 75.0 Å². The van der Waals surface area contributed by atoms with Crippen LogP contribution in [0.25, 0.3) is 0 Å². The van der Waals surface area contributed by atoms with Gasteiger partial charge in [-0.05, 0) is 103 Å². The number of phenolic OH excluding ortho intramolecular Hbond substituents is 1. The highest BCUT2D eigenvalue weighted by atomic mass is 79.9. The molecule has 1 saturated carbocycles. The van der Waals surface area contributed by atoms with E-state index in [-0.39, 0.29) is 36.1 Å². The number of piperazine rings is 1. The number of aromatic hydroxyl groups is 1. The zero-order chi connectivity index (χ0) is 35.9. The summed E-state index contributed by atoms with van der Waals surface area (Å²) in [7, 11) is 0. The van der Waals surface area contributed by atoms with Crippen LogP contribution in [0, 0.1) is 5.92 Å². The zero-order valence-electron chi connectivity index (χ0n) is 29.4. The number of hydrogen-bond acceptors (Lipinski definition) is 8. The van der Waals surface area contributed by atoms with Crippen molar-refractivity contribution in [2.75, 3.05) is 57.7 Å². The maximum absolute atomic E-state index is 14.0. The minimum Gasteiger partial charge on any atom is -0.507 e. The van der Waals surface area contributed by atoms with Gasteiger partial charge in [-0.3, -0.25) is 14.5 Å². The first-order valence-electron chi connectivity index (χ1n) is 18.5. The van der Waals surface area contributed by atoms with Crippen LogP contribution in [0.15, 0.2) is 46.9 Å². The molecule has 1 unspecified atom stereocenters. The third kappa shape index (κ3) is 9.34. The molecule has 12 nitrogen and oxygen atoms in total. The molecule has 3 fully saturated rings. The first-order valence-corrected chi connectivity index (χ1v) is 19.2. The lowest BCUT2D eigenvalue weighted by Gasteiger charge is -2.42. The number of piperidine rings is 1. The fourth-order valence-corrected chi connectivity index (χ4v) is 8.47. The molecule has 2 N–H and O–H groups in total. The number of urea groups is 1. The zero-order valence-corrected chi connectivity index (χ0v) is 31.0. The van der Waals surface area contributed by atoms with Crippen LogP contribution in [0.5, 0.6) is 5.75 Å². The fraction of sp³-hybridized carbons (Fsp3) is 0.579. The van der Waals surface area contributed by atoms with Gasteiger partial charge in [-0.25, -0.2) is 9.59 Å². The second-order valence-electron chi connectivity index (χ2n) is 14.2. The van der Waals surface area contributed by atoms with E-state index in [1.54, 1.807) is 28.0 Å². The number of rotatable bonds is 9. The number of para-hydroxylation sites is 1. The number of hydrogen-bond donors (Lipinski definition) is 2. The summed E-state index contributed by atoms with van der Waals surface area (Å²) in [5.74, 6) is 0.132. The molecule has 2 aromatic carbocycles. The highest BCUT2D eigenvalue weighted by Crippen LogP contribution is 2.31. The molecular weight excluding hydrogens is 718 g/mol. The average molecular weight is 769 g/mol. The molecule has 0 aromatic heterocycles. The van der Waals surface area contributed by atoms with Crippen LogP contribution in [0.3, 0.4) is 0 Å². The van der Waals surface area contributed by atoms with E-state index >= 15 is 0 Å². The summed E-state index contributed by atoms with van der Waals surface area (Å²) in [6.45, 7) is 6.28. The average Bonchev–Trinajstić information content (AvgIpc) is 3.31. The summed E-state index contributed by atoms with van der Waals surface area (Å²) in [6, 6.07) is 13.2. The van der Waals surface area contributed by atoms with Crippen molar-refractivity contribution in [3.05, 3.63) is 58.1 Å². The molecule has 13 heteroatoms. The Hall–Kier alpha value is -3.84. The number of nitrogens with one attached hydrogen (secondary N) is 1.